The van der Waals surface area contributed by atoms with Gasteiger partial charge in [0.25, 0.3) is 11.8 Å². The van der Waals surface area contributed by atoms with Gasteiger partial charge in [-0.05, 0) is 82.2 Å². The SMILES string of the molecule is CCOC(=O)C1CCCN(S(=O)(=O)c2ccc(C(=O)Nc3sc4c(c3C(=O)N3CCCCC3)CCN(C(=O)OCC)C4)cc2)C1. The van der Waals surface area contributed by atoms with E-state index in [0.717, 1.165) is 29.7 Å². The van der Waals surface area contributed by atoms with Crippen LogP contribution in [0.4, 0.5) is 9.80 Å². The van der Waals surface area contributed by atoms with E-state index in [1.165, 1.54) is 39.9 Å². The lowest BCUT2D eigenvalue weighted by molar-refractivity contribution is -0.149. The monoisotopic (exact) mass is 660 g/mol. The number of hydrogen-bond acceptors (Lipinski definition) is 9. The number of ether oxygens (including phenoxy) is 2. The molecule has 0 saturated carbocycles. The zero-order chi connectivity index (χ0) is 32.1. The van der Waals surface area contributed by atoms with Crippen molar-refractivity contribution in [1.29, 1.82) is 0 Å². The second kappa shape index (κ2) is 14.3. The number of carbonyl (C=O) groups is 4. The third-order valence-electron chi connectivity index (χ3n) is 8.43. The fraction of sp³-hybridized carbons (Fsp3) is 0.548. The van der Waals surface area contributed by atoms with Crippen LogP contribution in [0.25, 0.3) is 0 Å². The summed E-state index contributed by atoms with van der Waals surface area (Å²) in [6.45, 7) is 6.31. The molecule has 0 spiro atoms. The normalized spacial score (nSPS) is 19.0. The van der Waals surface area contributed by atoms with Gasteiger partial charge in [-0.2, -0.15) is 4.31 Å². The number of fused-ring (bicyclic) bond motifs is 1. The molecule has 45 heavy (non-hydrogen) atoms. The van der Waals surface area contributed by atoms with Crippen molar-refractivity contribution in [3.63, 3.8) is 0 Å². The predicted octanol–water partition coefficient (Wildman–Crippen LogP) is 4.10. The molecule has 12 nitrogen and oxygen atoms in total. The maximum Gasteiger partial charge on any atom is 0.410 e. The van der Waals surface area contributed by atoms with Crippen LogP contribution in [0.1, 0.15) is 77.1 Å². The number of amides is 3. The minimum atomic E-state index is -3.89. The number of esters is 1. The highest BCUT2D eigenvalue weighted by Gasteiger charge is 2.35. The Kier molecular flexibility index (Phi) is 10.4. The number of piperidine rings is 2. The van der Waals surface area contributed by atoms with Gasteiger partial charge in [0, 0.05) is 43.2 Å². The Balaban J connectivity index is 1.35. The van der Waals surface area contributed by atoms with Gasteiger partial charge < -0.3 is 24.6 Å². The van der Waals surface area contributed by atoms with Crippen molar-refractivity contribution in [2.75, 3.05) is 51.3 Å². The van der Waals surface area contributed by atoms with Crippen molar-refractivity contribution in [1.82, 2.24) is 14.1 Å². The molecule has 1 atom stereocenters. The van der Waals surface area contributed by atoms with Crippen LogP contribution >= 0.6 is 11.3 Å². The van der Waals surface area contributed by atoms with Gasteiger partial charge in [0.15, 0.2) is 0 Å². The molecular weight excluding hydrogens is 620 g/mol. The zero-order valence-electron chi connectivity index (χ0n) is 25.7. The van der Waals surface area contributed by atoms with Crippen LogP contribution < -0.4 is 5.32 Å². The van der Waals surface area contributed by atoms with Gasteiger partial charge in [0.05, 0.1) is 36.1 Å². The van der Waals surface area contributed by atoms with E-state index in [2.05, 4.69) is 5.32 Å². The van der Waals surface area contributed by atoms with E-state index in [4.69, 9.17) is 9.47 Å². The number of benzene rings is 1. The maximum atomic E-state index is 13.8. The summed E-state index contributed by atoms with van der Waals surface area (Å²) in [7, 11) is -3.89. The van der Waals surface area contributed by atoms with Crippen molar-refractivity contribution >= 4 is 50.2 Å². The van der Waals surface area contributed by atoms with E-state index in [9.17, 15) is 27.6 Å². The molecule has 0 aliphatic carbocycles. The molecular formula is C31H40N4O8S2. The molecule has 244 valence electrons. The van der Waals surface area contributed by atoms with Crippen LogP contribution in [-0.2, 0) is 37.3 Å². The molecule has 2 aromatic rings. The van der Waals surface area contributed by atoms with Crippen LogP contribution in [0.5, 0.6) is 0 Å². The molecule has 2 saturated heterocycles. The molecule has 0 bridgehead atoms. The highest BCUT2D eigenvalue weighted by atomic mass is 32.2. The smallest absolute Gasteiger partial charge is 0.410 e. The summed E-state index contributed by atoms with van der Waals surface area (Å²) in [6.07, 6.45) is 4.08. The Morgan fingerprint density at radius 2 is 1.62 bits per heavy atom. The van der Waals surface area contributed by atoms with E-state index >= 15 is 0 Å². The lowest BCUT2D eigenvalue weighted by Crippen LogP contribution is -2.42. The van der Waals surface area contributed by atoms with Crippen LogP contribution in [0, 0.1) is 5.92 Å². The topological polar surface area (TPSA) is 143 Å². The Bertz CT molecular complexity index is 1530. The maximum absolute atomic E-state index is 13.8. The van der Waals surface area contributed by atoms with Crippen molar-refractivity contribution in [2.45, 2.75) is 63.8 Å². The lowest BCUT2D eigenvalue weighted by atomic mass is 10.0. The first-order chi connectivity index (χ1) is 21.6. The highest BCUT2D eigenvalue weighted by molar-refractivity contribution is 7.89. The Labute approximate surface area is 267 Å². The van der Waals surface area contributed by atoms with Gasteiger partial charge in [-0.1, -0.05) is 0 Å². The minimum Gasteiger partial charge on any atom is -0.466 e. The van der Waals surface area contributed by atoms with Gasteiger partial charge in [-0.15, -0.1) is 11.3 Å². The fourth-order valence-corrected chi connectivity index (χ4v) is 8.83. The number of anilines is 1. The van der Waals surface area contributed by atoms with Gasteiger partial charge in [0.2, 0.25) is 10.0 Å². The number of likely N-dealkylation sites (tertiary alicyclic amines) is 1. The molecule has 14 heteroatoms. The summed E-state index contributed by atoms with van der Waals surface area (Å²) in [4.78, 5) is 56.1. The number of nitrogens with one attached hydrogen (secondary N) is 1. The van der Waals surface area contributed by atoms with E-state index in [1.54, 1.807) is 18.7 Å². The van der Waals surface area contributed by atoms with Crippen molar-refractivity contribution in [3.8, 4) is 0 Å². The average Bonchev–Trinajstić information content (AvgIpc) is 3.42. The molecule has 1 aromatic heterocycles. The summed E-state index contributed by atoms with van der Waals surface area (Å²) in [6, 6.07) is 5.65. The van der Waals surface area contributed by atoms with Gasteiger partial charge in [-0.25, -0.2) is 13.2 Å². The van der Waals surface area contributed by atoms with Gasteiger partial charge in [-0.3, -0.25) is 14.4 Å². The number of hydrogen-bond donors (Lipinski definition) is 1. The molecule has 2 fully saturated rings. The summed E-state index contributed by atoms with van der Waals surface area (Å²) >= 11 is 1.28. The second-order valence-electron chi connectivity index (χ2n) is 11.4. The molecule has 5 rings (SSSR count). The van der Waals surface area contributed by atoms with Crippen LogP contribution in [0.2, 0.25) is 0 Å². The number of thiophene rings is 1. The first-order valence-corrected chi connectivity index (χ1v) is 17.8. The quantitative estimate of drug-likeness (QED) is 0.417. The predicted molar refractivity (Wildman–Crippen MR) is 168 cm³/mol. The molecule has 0 radical (unpaired) electrons. The molecule has 1 aromatic carbocycles. The van der Waals surface area contributed by atoms with Crippen LogP contribution in [0.15, 0.2) is 29.2 Å². The second-order valence-corrected chi connectivity index (χ2v) is 14.4. The third kappa shape index (κ3) is 7.17. The number of carbonyl (C=O) groups excluding carboxylic acids is 4. The van der Waals surface area contributed by atoms with Crippen LogP contribution in [-0.4, -0.2) is 92.3 Å². The van der Waals surface area contributed by atoms with E-state index < -0.39 is 33.9 Å². The fourth-order valence-electron chi connectivity index (χ4n) is 6.06. The van der Waals surface area contributed by atoms with E-state index in [-0.39, 0.29) is 42.7 Å². The standard InChI is InChI=1S/C31H40N4O8S2/c1-3-42-30(38)22-9-8-17-35(19-22)45(40,41)23-12-10-21(11-13-23)27(36)32-28-26(29(37)33-15-6-5-7-16-33)24-14-18-34(20-25(24)44-28)31(39)43-4-2/h10-13,22H,3-9,14-20H2,1-2H3,(H,32,36). The summed E-state index contributed by atoms with van der Waals surface area (Å²) in [5.41, 5.74) is 1.54. The first-order valence-electron chi connectivity index (χ1n) is 15.6. The minimum absolute atomic E-state index is 0.0233. The van der Waals surface area contributed by atoms with Gasteiger partial charge >= 0.3 is 12.1 Å². The van der Waals surface area contributed by atoms with Crippen molar-refractivity contribution < 1.29 is 37.1 Å². The van der Waals surface area contributed by atoms with Gasteiger partial charge in [0.1, 0.15) is 5.00 Å². The Morgan fingerprint density at radius 3 is 2.31 bits per heavy atom. The lowest BCUT2D eigenvalue weighted by Gasteiger charge is -2.30. The molecule has 3 amide bonds. The van der Waals surface area contributed by atoms with Crippen molar-refractivity contribution in [2.24, 2.45) is 5.92 Å². The van der Waals surface area contributed by atoms with E-state index in [0.29, 0.717) is 56.0 Å². The molecule has 3 aliphatic heterocycles. The average molecular weight is 661 g/mol. The molecule has 3 aliphatic rings. The van der Waals surface area contributed by atoms with E-state index in [1.807, 2.05) is 4.90 Å². The molecule has 4 heterocycles. The zero-order valence-corrected chi connectivity index (χ0v) is 27.3. The van der Waals surface area contributed by atoms with Crippen molar-refractivity contribution in [3.05, 3.63) is 45.8 Å². The third-order valence-corrected chi connectivity index (χ3v) is 11.4. The Hall–Kier alpha value is -3.49. The molecule has 1 N–H and O–H groups in total. The Morgan fingerprint density at radius 1 is 0.911 bits per heavy atom. The first kappa shape index (κ1) is 32.9. The van der Waals surface area contributed by atoms with Crippen LogP contribution in [0.3, 0.4) is 0 Å². The number of nitrogens with zero attached hydrogens (tertiary/aromatic N) is 3. The number of sulfonamides is 1. The summed E-state index contributed by atoms with van der Waals surface area (Å²) < 4.78 is 38.3. The summed E-state index contributed by atoms with van der Waals surface area (Å²) in [5.74, 6) is -1.52. The largest absolute Gasteiger partial charge is 0.466 e. The summed E-state index contributed by atoms with van der Waals surface area (Å²) in [5, 5.41) is 3.33. The highest BCUT2D eigenvalue weighted by Crippen LogP contribution is 2.39. The number of rotatable bonds is 8. The molecule has 1 unspecified atom stereocenters.